The van der Waals surface area contributed by atoms with Crippen LogP contribution in [0, 0.1) is 18.3 Å². The van der Waals surface area contributed by atoms with Gasteiger partial charge >= 0.3 is 0 Å². The van der Waals surface area contributed by atoms with Gasteiger partial charge in [-0.25, -0.2) is 4.52 Å². The van der Waals surface area contributed by atoms with E-state index < -0.39 is 0 Å². The van der Waals surface area contributed by atoms with E-state index >= 15 is 0 Å². The normalized spacial score (nSPS) is 16.3. The molecule has 1 aliphatic heterocycles. The molecular weight excluding hydrogens is 326 g/mol. The van der Waals surface area contributed by atoms with Crippen LogP contribution in [0.4, 0.5) is 5.69 Å². The molecule has 3 aromatic rings. The third kappa shape index (κ3) is 3.02. The van der Waals surface area contributed by atoms with Gasteiger partial charge in [0.2, 0.25) is 0 Å². The Morgan fingerprint density at radius 1 is 1.23 bits per heavy atom. The van der Waals surface area contributed by atoms with E-state index in [1.807, 2.05) is 28.9 Å². The quantitative estimate of drug-likeness (QED) is 0.784. The van der Waals surface area contributed by atoms with Crippen molar-refractivity contribution in [3.05, 3.63) is 47.8 Å². The van der Waals surface area contributed by atoms with Gasteiger partial charge in [0.05, 0.1) is 28.7 Å². The van der Waals surface area contributed by atoms with Crippen molar-refractivity contribution in [2.45, 2.75) is 32.2 Å². The summed E-state index contributed by atoms with van der Waals surface area (Å²) in [6.45, 7) is 5.88. The molecule has 1 aliphatic rings. The maximum Gasteiger partial charge on any atom is 0.101 e. The Morgan fingerprint density at radius 2 is 2.04 bits per heavy atom. The largest absolute Gasteiger partial charge is 0.381 e. The molecule has 4 rings (SSSR count). The smallest absolute Gasteiger partial charge is 0.101 e. The van der Waals surface area contributed by atoms with Gasteiger partial charge in [-0.15, -0.1) is 0 Å². The number of hydrogen-bond donors (Lipinski definition) is 1. The van der Waals surface area contributed by atoms with Gasteiger partial charge in [-0.3, -0.25) is 4.98 Å². The highest BCUT2D eigenvalue weighted by atomic mass is 16.5. The van der Waals surface area contributed by atoms with Crippen LogP contribution >= 0.6 is 0 Å². The zero-order valence-corrected chi connectivity index (χ0v) is 15.0. The van der Waals surface area contributed by atoms with Crippen molar-refractivity contribution in [3.63, 3.8) is 0 Å². The molecule has 0 bridgehead atoms. The summed E-state index contributed by atoms with van der Waals surface area (Å²) in [5.74, 6) is 0. The van der Waals surface area contributed by atoms with Gasteiger partial charge < -0.3 is 10.1 Å². The summed E-state index contributed by atoms with van der Waals surface area (Å²) in [7, 11) is 0. The summed E-state index contributed by atoms with van der Waals surface area (Å²) in [5, 5.41) is 17.1. The van der Waals surface area contributed by atoms with Crippen molar-refractivity contribution in [1.29, 1.82) is 5.26 Å². The number of fused-ring (bicyclic) bond motifs is 1. The summed E-state index contributed by atoms with van der Waals surface area (Å²) in [5.41, 5.74) is 5.42. The molecule has 1 fully saturated rings. The van der Waals surface area contributed by atoms with Gasteiger partial charge in [0.1, 0.15) is 6.07 Å². The van der Waals surface area contributed by atoms with Crippen LogP contribution in [-0.2, 0) is 4.74 Å². The van der Waals surface area contributed by atoms with Crippen LogP contribution in [-0.4, -0.2) is 33.4 Å². The molecule has 3 aromatic heterocycles. The number of nitriles is 1. The SMILES string of the molecule is Cc1cnc(-c2ccc3cc(C#N)cnn23)cc1NC1(C)CCOCC1. The second-order valence-corrected chi connectivity index (χ2v) is 7.09. The fourth-order valence-corrected chi connectivity index (χ4v) is 3.32. The Hall–Kier alpha value is -2.91. The fraction of sp³-hybridized carbons (Fsp3) is 0.350. The predicted octanol–water partition coefficient (Wildman–Crippen LogP) is 3.56. The summed E-state index contributed by atoms with van der Waals surface area (Å²) >= 11 is 0. The molecule has 0 aliphatic carbocycles. The molecule has 0 radical (unpaired) electrons. The van der Waals surface area contributed by atoms with Crippen LogP contribution in [0.15, 0.2) is 36.7 Å². The molecule has 6 heteroatoms. The molecule has 1 saturated heterocycles. The Balaban J connectivity index is 1.71. The Morgan fingerprint density at radius 3 is 2.81 bits per heavy atom. The minimum atomic E-state index is 0.0306. The zero-order chi connectivity index (χ0) is 18.1. The highest BCUT2D eigenvalue weighted by Crippen LogP contribution is 2.30. The number of rotatable bonds is 3. The molecule has 0 saturated carbocycles. The van der Waals surface area contributed by atoms with Crippen molar-refractivity contribution in [3.8, 4) is 17.5 Å². The number of anilines is 1. The van der Waals surface area contributed by atoms with Crippen molar-refractivity contribution in [2.24, 2.45) is 0 Å². The monoisotopic (exact) mass is 347 g/mol. The van der Waals surface area contributed by atoms with E-state index in [1.54, 1.807) is 6.20 Å². The average Bonchev–Trinajstić information content (AvgIpc) is 3.07. The summed E-state index contributed by atoms with van der Waals surface area (Å²) in [4.78, 5) is 4.60. The Bertz CT molecular complexity index is 995. The van der Waals surface area contributed by atoms with Crippen molar-refractivity contribution in [1.82, 2.24) is 14.6 Å². The van der Waals surface area contributed by atoms with Crippen LogP contribution in [0.5, 0.6) is 0 Å². The lowest BCUT2D eigenvalue weighted by Crippen LogP contribution is -2.40. The van der Waals surface area contributed by atoms with Crippen LogP contribution in [0.1, 0.15) is 30.9 Å². The number of ether oxygens (including phenoxy) is 1. The first-order valence-corrected chi connectivity index (χ1v) is 8.79. The highest BCUT2D eigenvalue weighted by Gasteiger charge is 2.27. The van der Waals surface area contributed by atoms with E-state index in [4.69, 9.17) is 10.00 Å². The number of nitrogens with one attached hydrogen (secondary N) is 1. The van der Waals surface area contributed by atoms with E-state index in [0.717, 1.165) is 54.2 Å². The average molecular weight is 347 g/mol. The molecular formula is C20H21N5O. The van der Waals surface area contributed by atoms with Gasteiger partial charge in [-0.2, -0.15) is 10.4 Å². The molecule has 0 aromatic carbocycles. The second-order valence-electron chi connectivity index (χ2n) is 7.09. The van der Waals surface area contributed by atoms with Crippen LogP contribution in [0.2, 0.25) is 0 Å². The molecule has 1 N–H and O–H groups in total. The first kappa shape index (κ1) is 16.6. The Labute approximate surface area is 152 Å². The topological polar surface area (TPSA) is 75.2 Å². The lowest BCUT2D eigenvalue weighted by Gasteiger charge is -2.36. The number of hydrogen-bond acceptors (Lipinski definition) is 5. The molecule has 0 spiro atoms. The zero-order valence-electron chi connectivity index (χ0n) is 15.0. The maximum absolute atomic E-state index is 9.04. The van der Waals surface area contributed by atoms with Gasteiger partial charge in [0.15, 0.2) is 0 Å². The first-order valence-electron chi connectivity index (χ1n) is 8.79. The number of nitrogens with zero attached hydrogens (tertiary/aromatic N) is 4. The van der Waals surface area contributed by atoms with E-state index in [0.29, 0.717) is 5.56 Å². The van der Waals surface area contributed by atoms with E-state index in [1.165, 1.54) is 0 Å². The summed E-state index contributed by atoms with van der Waals surface area (Å²) < 4.78 is 7.31. The number of aromatic nitrogens is 3. The number of pyridine rings is 1. The van der Waals surface area contributed by atoms with E-state index in [-0.39, 0.29) is 5.54 Å². The van der Waals surface area contributed by atoms with Crippen molar-refractivity contribution < 1.29 is 4.74 Å². The molecule has 6 nitrogen and oxygen atoms in total. The maximum atomic E-state index is 9.04. The first-order chi connectivity index (χ1) is 12.6. The van der Waals surface area contributed by atoms with Crippen molar-refractivity contribution >= 4 is 11.2 Å². The molecule has 26 heavy (non-hydrogen) atoms. The molecule has 132 valence electrons. The second kappa shape index (κ2) is 6.43. The lowest BCUT2D eigenvalue weighted by atomic mass is 9.92. The van der Waals surface area contributed by atoms with Gasteiger partial charge in [-0.1, -0.05) is 0 Å². The molecule has 0 amide bonds. The summed E-state index contributed by atoms with van der Waals surface area (Å²) in [6.07, 6.45) is 5.43. The van der Waals surface area contributed by atoms with Crippen LogP contribution in [0.25, 0.3) is 16.9 Å². The minimum Gasteiger partial charge on any atom is -0.381 e. The fourth-order valence-electron chi connectivity index (χ4n) is 3.32. The van der Waals surface area contributed by atoms with E-state index in [2.05, 4.69) is 41.4 Å². The molecule has 4 heterocycles. The van der Waals surface area contributed by atoms with Crippen LogP contribution in [0.3, 0.4) is 0 Å². The Kier molecular flexibility index (Phi) is 4.09. The molecule has 0 unspecified atom stereocenters. The standard InChI is InChI=1S/C20H21N5O/c1-14-12-22-18(10-17(14)24-20(2)5-7-26-8-6-20)19-4-3-16-9-15(11-21)13-23-25(16)19/h3-4,9-10,12-13H,5-8H2,1-2H3,(H,22,24). The highest BCUT2D eigenvalue weighted by molar-refractivity contribution is 5.69. The number of aryl methyl sites for hydroxylation is 1. The van der Waals surface area contributed by atoms with Crippen molar-refractivity contribution in [2.75, 3.05) is 18.5 Å². The third-order valence-corrected chi connectivity index (χ3v) is 5.03. The van der Waals surface area contributed by atoms with Gasteiger partial charge in [0.25, 0.3) is 0 Å². The lowest BCUT2D eigenvalue weighted by molar-refractivity contribution is 0.0658. The van der Waals surface area contributed by atoms with Gasteiger partial charge in [0, 0.05) is 30.6 Å². The third-order valence-electron chi connectivity index (χ3n) is 5.03. The predicted molar refractivity (Wildman–Crippen MR) is 100.0 cm³/mol. The van der Waals surface area contributed by atoms with E-state index in [9.17, 15) is 0 Å². The van der Waals surface area contributed by atoms with Gasteiger partial charge in [-0.05, 0) is 56.5 Å². The minimum absolute atomic E-state index is 0.0306. The summed E-state index contributed by atoms with van der Waals surface area (Å²) in [6, 6.07) is 9.97. The van der Waals surface area contributed by atoms with Crippen LogP contribution < -0.4 is 5.32 Å². The molecule has 0 atom stereocenters.